The van der Waals surface area contributed by atoms with Crippen LogP contribution in [0.2, 0.25) is 5.02 Å². The molecule has 0 saturated carbocycles. The first-order valence-corrected chi connectivity index (χ1v) is 10.2. The van der Waals surface area contributed by atoms with Crippen molar-refractivity contribution in [1.29, 1.82) is 0 Å². The van der Waals surface area contributed by atoms with E-state index < -0.39 is 11.3 Å². The average molecular weight is 454 g/mol. The number of rotatable bonds is 4. The summed E-state index contributed by atoms with van der Waals surface area (Å²) in [7, 11) is 1.41. The van der Waals surface area contributed by atoms with Gasteiger partial charge in [0.2, 0.25) is 10.7 Å². The number of thiazole rings is 1. The van der Waals surface area contributed by atoms with Crippen LogP contribution in [0.1, 0.15) is 0 Å². The van der Waals surface area contributed by atoms with Gasteiger partial charge >= 0.3 is 5.76 Å². The summed E-state index contributed by atoms with van der Waals surface area (Å²) in [5.41, 5.74) is -0.0815. The predicted molar refractivity (Wildman–Crippen MR) is 117 cm³/mol. The summed E-state index contributed by atoms with van der Waals surface area (Å²) in [4.78, 5) is 34.0. The van der Waals surface area contributed by atoms with Gasteiger partial charge in [-0.3, -0.25) is 4.79 Å². The lowest BCUT2D eigenvalue weighted by Crippen LogP contribution is -2.31. The number of ether oxygens (including phenoxy) is 2. The molecule has 2 aromatic carbocycles. The minimum atomic E-state index is -0.879. The number of benzene rings is 2. The zero-order valence-electron chi connectivity index (χ0n) is 15.9. The predicted octanol–water partition coefficient (Wildman–Crippen LogP) is 4.40. The molecule has 0 N–H and O–H groups in total. The highest BCUT2D eigenvalue weighted by molar-refractivity contribution is 7.20. The maximum absolute atomic E-state index is 13.0. The van der Waals surface area contributed by atoms with Crippen LogP contribution in [0.25, 0.3) is 26.4 Å². The van der Waals surface area contributed by atoms with Crippen molar-refractivity contribution in [2.24, 2.45) is 0 Å². The molecular formula is C21H12ClN3O5S. The number of para-hydroxylation sites is 1. The molecule has 31 heavy (non-hydrogen) atoms. The van der Waals surface area contributed by atoms with Gasteiger partial charge in [-0.1, -0.05) is 35.1 Å². The topological polar surface area (TPSA) is 96.5 Å². The summed E-state index contributed by atoms with van der Waals surface area (Å²) in [6.07, 6.45) is 1.41. The monoisotopic (exact) mass is 453 g/mol. The smallest absolute Gasteiger partial charge is 0.429 e. The molecule has 0 radical (unpaired) electrons. The van der Waals surface area contributed by atoms with E-state index in [2.05, 4.69) is 9.97 Å². The van der Waals surface area contributed by atoms with E-state index in [1.807, 2.05) is 12.1 Å². The van der Waals surface area contributed by atoms with Gasteiger partial charge in [0.25, 0.3) is 5.56 Å². The summed E-state index contributed by atoms with van der Waals surface area (Å²) < 4.78 is 17.9. The van der Waals surface area contributed by atoms with Gasteiger partial charge in [-0.2, -0.15) is 4.57 Å². The number of methoxy groups -OCH3 is 1. The number of aromatic nitrogens is 3. The molecule has 0 fully saturated rings. The van der Waals surface area contributed by atoms with Crippen LogP contribution >= 0.6 is 22.9 Å². The van der Waals surface area contributed by atoms with Gasteiger partial charge in [0, 0.05) is 18.3 Å². The Morgan fingerprint density at radius 1 is 1.10 bits per heavy atom. The van der Waals surface area contributed by atoms with Crippen LogP contribution in [-0.2, 0) is 0 Å². The standard InChI is InChI=1S/C21H12ClN3O5S/c1-28-15-8-9-23-17-18(15)30-21(27)25(19(17)26)20-24-13-7-6-11(10-16(13)31-20)29-14-5-3-2-4-12(14)22/h2-10H,1H3. The molecule has 0 amide bonds. The maximum atomic E-state index is 13.0. The fourth-order valence-corrected chi connectivity index (χ4v) is 4.19. The summed E-state index contributed by atoms with van der Waals surface area (Å²) >= 11 is 7.29. The zero-order valence-corrected chi connectivity index (χ0v) is 17.4. The highest BCUT2D eigenvalue weighted by Gasteiger charge is 2.18. The Morgan fingerprint density at radius 3 is 2.74 bits per heavy atom. The Kier molecular flexibility index (Phi) is 4.68. The van der Waals surface area contributed by atoms with Crippen molar-refractivity contribution in [2.45, 2.75) is 0 Å². The van der Waals surface area contributed by atoms with Crippen molar-refractivity contribution in [3.63, 3.8) is 0 Å². The molecule has 5 aromatic rings. The number of fused-ring (bicyclic) bond motifs is 2. The van der Waals surface area contributed by atoms with Gasteiger partial charge in [0.1, 0.15) is 11.5 Å². The van der Waals surface area contributed by atoms with Crippen LogP contribution in [0.3, 0.4) is 0 Å². The lowest BCUT2D eigenvalue weighted by molar-refractivity contribution is 0.401. The molecule has 3 aromatic heterocycles. The molecular weight excluding hydrogens is 442 g/mol. The van der Waals surface area contributed by atoms with Gasteiger partial charge in [-0.15, -0.1) is 0 Å². The van der Waals surface area contributed by atoms with Crippen molar-refractivity contribution in [3.05, 3.63) is 80.7 Å². The van der Waals surface area contributed by atoms with E-state index in [0.717, 1.165) is 15.9 Å². The molecule has 0 saturated heterocycles. The van der Waals surface area contributed by atoms with E-state index >= 15 is 0 Å². The molecule has 0 unspecified atom stereocenters. The number of nitrogens with zero attached hydrogens (tertiary/aromatic N) is 3. The van der Waals surface area contributed by atoms with Gasteiger partial charge in [-0.05, 0) is 24.3 Å². The first kappa shape index (κ1) is 19.3. The minimum Gasteiger partial charge on any atom is -0.493 e. The van der Waals surface area contributed by atoms with Crippen LogP contribution in [-0.4, -0.2) is 21.6 Å². The molecule has 0 aliphatic carbocycles. The van der Waals surface area contributed by atoms with Gasteiger partial charge in [0.05, 0.1) is 22.3 Å². The molecule has 0 atom stereocenters. The fourth-order valence-electron chi connectivity index (χ4n) is 3.04. The Hall–Kier alpha value is -3.69. The van der Waals surface area contributed by atoms with Gasteiger partial charge in [-0.25, -0.2) is 14.8 Å². The Morgan fingerprint density at radius 2 is 1.94 bits per heavy atom. The first-order chi connectivity index (χ1) is 15.0. The Bertz CT molecular complexity index is 1570. The third-order valence-electron chi connectivity index (χ3n) is 4.47. The van der Waals surface area contributed by atoms with Crippen LogP contribution in [0, 0.1) is 0 Å². The van der Waals surface area contributed by atoms with E-state index in [1.54, 1.807) is 30.3 Å². The number of halogens is 1. The quantitative estimate of drug-likeness (QED) is 0.397. The number of hydrogen-bond donors (Lipinski definition) is 0. The van der Waals surface area contributed by atoms with E-state index in [9.17, 15) is 9.59 Å². The first-order valence-electron chi connectivity index (χ1n) is 8.97. The summed E-state index contributed by atoms with van der Waals surface area (Å²) in [5.74, 6) is 0.423. The van der Waals surface area contributed by atoms with E-state index in [0.29, 0.717) is 26.7 Å². The van der Waals surface area contributed by atoms with Crippen LogP contribution in [0.15, 0.2) is 68.7 Å². The minimum absolute atomic E-state index is 0.00668. The van der Waals surface area contributed by atoms with E-state index in [1.165, 1.54) is 19.4 Å². The Labute approximate surface area is 182 Å². The zero-order chi connectivity index (χ0) is 21.5. The van der Waals surface area contributed by atoms with Gasteiger partial charge < -0.3 is 13.9 Å². The largest absolute Gasteiger partial charge is 0.493 e. The fraction of sp³-hybridized carbons (Fsp3) is 0.0476. The second-order valence-corrected chi connectivity index (χ2v) is 7.77. The van der Waals surface area contributed by atoms with E-state index in [-0.39, 0.29) is 22.0 Å². The second-order valence-electron chi connectivity index (χ2n) is 6.36. The summed E-state index contributed by atoms with van der Waals surface area (Å²) in [5, 5.41) is 0.644. The molecule has 3 heterocycles. The molecule has 0 aliphatic rings. The number of hydrogen-bond acceptors (Lipinski definition) is 8. The molecule has 8 nitrogen and oxygen atoms in total. The van der Waals surface area contributed by atoms with Crippen molar-refractivity contribution < 1.29 is 13.9 Å². The molecule has 5 rings (SSSR count). The average Bonchev–Trinajstić information content (AvgIpc) is 3.18. The molecule has 0 bridgehead atoms. The second kappa shape index (κ2) is 7.53. The summed E-state index contributed by atoms with van der Waals surface area (Å²) in [6.45, 7) is 0. The lowest BCUT2D eigenvalue weighted by atomic mass is 10.3. The Balaban J connectivity index is 1.61. The third kappa shape index (κ3) is 3.33. The molecule has 10 heteroatoms. The van der Waals surface area contributed by atoms with Gasteiger partial charge in [0.15, 0.2) is 11.3 Å². The lowest BCUT2D eigenvalue weighted by Gasteiger charge is -2.06. The molecule has 154 valence electrons. The third-order valence-corrected chi connectivity index (χ3v) is 5.79. The van der Waals surface area contributed by atoms with Crippen LogP contribution in [0.5, 0.6) is 17.2 Å². The highest BCUT2D eigenvalue weighted by Crippen LogP contribution is 2.33. The molecule has 0 spiro atoms. The van der Waals surface area contributed by atoms with Crippen LogP contribution in [0.4, 0.5) is 0 Å². The number of pyridine rings is 1. The van der Waals surface area contributed by atoms with E-state index in [4.69, 9.17) is 25.5 Å². The highest BCUT2D eigenvalue weighted by atomic mass is 35.5. The summed E-state index contributed by atoms with van der Waals surface area (Å²) in [6, 6.07) is 13.8. The maximum Gasteiger partial charge on any atom is 0.429 e. The van der Waals surface area contributed by atoms with Crippen molar-refractivity contribution in [2.75, 3.05) is 7.11 Å². The SMILES string of the molecule is COc1ccnc2c(=O)n(-c3nc4ccc(Oc5ccccc5Cl)cc4s3)c(=O)oc12. The molecule has 0 aliphatic heterocycles. The van der Waals surface area contributed by atoms with Crippen molar-refractivity contribution in [1.82, 2.24) is 14.5 Å². The van der Waals surface area contributed by atoms with Crippen molar-refractivity contribution >= 4 is 44.3 Å². The van der Waals surface area contributed by atoms with Crippen molar-refractivity contribution in [3.8, 4) is 22.4 Å². The van der Waals surface area contributed by atoms with Crippen LogP contribution < -0.4 is 20.8 Å². The normalized spacial score (nSPS) is 11.2.